The van der Waals surface area contributed by atoms with Crippen molar-refractivity contribution in [3.63, 3.8) is 0 Å². The lowest BCUT2D eigenvalue weighted by Crippen LogP contribution is -2.27. The van der Waals surface area contributed by atoms with Gasteiger partial charge in [0.2, 0.25) is 0 Å². The van der Waals surface area contributed by atoms with Crippen molar-refractivity contribution in [1.82, 2.24) is 4.90 Å². The average molecular weight is 145 g/mol. The predicted octanol–water partition coefficient (Wildman–Crippen LogP) is 0.309. The Kier molecular flexibility index (Phi) is 2.65. The summed E-state index contributed by atoms with van der Waals surface area (Å²) in [5.41, 5.74) is 0. The minimum absolute atomic E-state index is 0.00931. The molecule has 0 aromatic heterocycles. The number of rotatable bonds is 2. The van der Waals surface area contributed by atoms with Crippen LogP contribution in [0.25, 0.3) is 0 Å². The van der Waals surface area contributed by atoms with Crippen molar-refractivity contribution in [2.75, 3.05) is 27.2 Å². The molecule has 1 rings (SSSR count). The first-order valence-corrected chi connectivity index (χ1v) is 3.60. The molecule has 1 heterocycles. The largest absolute Gasteiger partial charge is 0.350 e. The zero-order valence-corrected chi connectivity index (χ0v) is 6.83. The van der Waals surface area contributed by atoms with E-state index in [0.29, 0.717) is 0 Å². The van der Waals surface area contributed by atoms with E-state index in [0.717, 1.165) is 13.2 Å². The van der Waals surface area contributed by atoms with Gasteiger partial charge in [0.1, 0.15) is 0 Å². The zero-order valence-electron chi connectivity index (χ0n) is 6.83. The van der Waals surface area contributed by atoms with Crippen LogP contribution in [0.15, 0.2) is 0 Å². The molecule has 0 spiro atoms. The molecule has 10 heavy (non-hydrogen) atoms. The summed E-state index contributed by atoms with van der Waals surface area (Å²) in [6, 6.07) is 0. The normalized spacial score (nSPS) is 33.6. The Bertz CT molecular complexity index is 106. The molecule has 1 aliphatic rings. The van der Waals surface area contributed by atoms with Gasteiger partial charge in [-0.15, -0.1) is 0 Å². The first kappa shape index (κ1) is 7.98. The SMILES string of the molecule is C[C@H]1OC[C@@H](CN(C)C)O1. The van der Waals surface area contributed by atoms with Gasteiger partial charge < -0.3 is 14.4 Å². The topological polar surface area (TPSA) is 21.7 Å². The molecule has 1 fully saturated rings. The van der Waals surface area contributed by atoms with Gasteiger partial charge >= 0.3 is 0 Å². The van der Waals surface area contributed by atoms with Crippen molar-refractivity contribution in [3.8, 4) is 0 Å². The van der Waals surface area contributed by atoms with Gasteiger partial charge in [-0.1, -0.05) is 0 Å². The molecule has 3 nitrogen and oxygen atoms in total. The van der Waals surface area contributed by atoms with E-state index in [2.05, 4.69) is 4.90 Å². The van der Waals surface area contributed by atoms with Crippen molar-refractivity contribution < 1.29 is 9.47 Å². The molecule has 0 aliphatic carbocycles. The molecule has 0 aromatic rings. The summed E-state index contributed by atoms with van der Waals surface area (Å²) in [4.78, 5) is 2.10. The minimum Gasteiger partial charge on any atom is -0.350 e. The van der Waals surface area contributed by atoms with E-state index < -0.39 is 0 Å². The van der Waals surface area contributed by atoms with E-state index in [1.807, 2.05) is 21.0 Å². The Labute approximate surface area is 61.9 Å². The van der Waals surface area contributed by atoms with Gasteiger partial charge in [0, 0.05) is 6.54 Å². The fourth-order valence-corrected chi connectivity index (χ4v) is 1.10. The van der Waals surface area contributed by atoms with Crippen molar-refractivity contribution >= 4 is 0 Å². The number of ether oxygens (including phenoxy) is 2. The number of hydrogen-bond acceptors (Lipinski definition) is 3. The van der Waals surface area contributed by atoms with Crippen LogP contribution >= 0.6 is 0 Å². The first-order chi connectivity index (χ1) is 4.68. The molecule has 0 unspecified atom stereocenters. The zero-order chi connectivity index (χ0) is 7.56. The molecule has 0 bridgehead atoms. The Balaban J connectivity index is 2.18. The van der Waals surface area contributed by atoms with Gasteiger partial charge in [-0.3, -0.25) is 0 Å². The van der Waals surface area contributed by atoms with Gasteiger partial charge in [-0.2, -0.15) is 0 Å². The fourth-order valence-electron chi connectivity index (χ4n) is 1.10. The lowest BCUT2D eigenvalue weighted by atomic mass is 10.4. The summed E-state index contributed by atoms with van der Waals surface area (Å²) >= 11 is 0. The molecule has 0 amide bonds. The molecule has 0 saturated carbocycles. The highest BCUT2D eigenvalue weighted by Gasteiger charge is 2.22. The molecule has 0 N–H and O–H groups in total. The van der Waals surface area contributed by atoms with Crippen LogP contribution in [-0.4, -0.2) is 44.5 Å². The Morgan fingerprint density at radius 1 is 1.50 bits per heavy atom. The average Bonchev–Trinajstić information content (AvgIpc) is 2.13. The van der Waals surface area contributed by atoms with E-state index in [4.69, 9.17) is 9.47 Å². The summed E-state index contributed by atoms with van der Waals surface area (Å²) in [5, 5.41) is 0. The van der Waals surface area contributed by atoms with Crippen LogP contribution in [0.3, 0.4) is 0 Å². The maximum Gasteiger partial charge on any atom is 0.155 e. The van der Waals surface area contributed by atoms with Crippen molar-refractivity contribution in [2.24, 2.45) is 0 Å². The second-order valence-corrected chi connectivity index (χ2v) is 2.92. The van der Waals surface area contributed by atoms with Crippen molar-refractivity contribution in [2.45, 2.75) is 19.3 Å². The molecular weight excluding hydrogens is 130 g/mol. The number of likely N-dealkylation sites (N-methyl/N-ethyl adjacent to an activating group) is 1. The van der Waals surface area contributed by atoms with E-state index in [-0.39, 0.29) is 12.4 Å². The molecule has 60 valence electrons. The van der Waals surface area contributed by atoms with E-state index >= 15 is 0 Å². The highest BCUT2D eigenvalue weighted by atomic mass is 16.7. The van der Waals surface area contributed by atoms with E-state index in [1.165, 1.54) is 0 Å². The first-order valence-electron chi connectivity index (χ1n) is 3.60. The van der Waals surface area contributed by atoms with Gasteiger partial charge in [0.25, 0.3) is 0 Å². The van der Waals surface area contributed by atoms with Crippen LogP contribution < -0.4 is 0 Å². The number of hydrogen-bond donors (Lipinski definition) is 0. The molecule has 1 saturated heterocycles. The molecule has 3 heteroatoms. The maximum atomic E-state index is 5.41. The second-order valence-electron chi connectivity index (χ2n) is 2.92. The van der Waals surface area contributed by atoms with Crippen molar-refractivity contribution in [1.29, 1.82) is 0 Å². The van der Waals surface area contributed by atoms with Gasteiger partial charge in [0.05, 0.1) is 12.7 Å². The lowest BCUT2D eigenvalue weighted by molar-refractivity contribution is -0.0450. The lowest BCUT2D eigenvalue weighted by Gasteiger charge is -2.13. The van der Waals surface area contributed by atoms with Crippen LogP contribution in [0.2, 0.25) is 0 Å². The molecule has 0 radical (unpaired) electrons. The van der Waals surface area contributed by atoms with Crippen LogP contribution in [0, 0.1) is 0 Å². The third-order valence-electron chi connectivity index (χ3n) is 1.47. The highest BCUT2D eigenvalue weighted by molar-refractivity contribution is 4.65. The quantitative estimate of drug-likeness (QED) is 0.558. The molecule has 0 aromatic carbocycles. The second kappa shape index (κ2) is 3.32. The van der Waals surface area contributed by atoms with Gasteiger partial charge in [0.15, 0.2) is 6.29 Å². The monoisotopic (exact) mass is 145 g/mol. The van der Waals surface area contributed by atoms with Crippen molar-refractivity contribution in [3.05, 3.63) is 0 Å². The van der Waals surface area contributed by atoms with E-state index in [9.17, 15) is 0 Å². The van der Waals surface area contributed by atoms with Crippen LogP contribution in [-0.2, 0) is 9.47 Å². The summed E-state index contributed by atoms with van der Waals surface area (Å²) in [6.45, 7) is 3.61. The summed E-state index contributed by atoms with van der Waals surface area (Å²) in [5.74, 6) is 0. The summed E-state index contributed by atoms with van der Waals surface area (Å²) in [7, 11) is 4.07. The Hall–Kier alpha value is -0.120. The maximum absolute atomic E-state index is 5.41. The molecule has 1 aliphatic heterocycles. The standard InChI is InChI=1S/C7H15NO2/c1-6-9-5-7(10-6)4-8(2)3/h6-7H,4-5H2,1-3H3/t6-,7+/m0/s1. The van der Waals surface area contributed by atoms with E-state index in [1.54, 1.807) is 0 Å². The smallest absolute Gasteiger partial charge is 0.155 e. The Morgan fingerprint density at radius 3 is 2.60 bits per heavy atom. The Morgan fingerprint density at radius 2 is 2.20 bits per heavy atom. The third-order valence-corrected chi connectivity index (χ3v) is 1.47. The number of nitrogens with zero attached hydrogens (tertiary/aromatic N) is 1. The fraction of sp³-hybridized carbons (Fsp3) is 1.00. The van der Waals surface area contributed by atoms with Gasteiger partial charge in [-0.05, 0) is 21.0 Å². The predicted molar refractivity (Wildman–Crippen MR) is 38.8 cm³/mol. The molecule has 2 atom stereocenters. The highest BCUT2D eigenvalue weighted by Crippen LogP contribution is 2.10. The van der Waals surface area contributed by atoms with Crippen LogP contribution in [0.5, 0.6) is 0 Å². The minimum atomic E-state index is -0.00931. The van der Waals surface area contributed by atoms with Crippen LogP contribution in [0.4, 0.5) is 0 Å². The van der Waals surface area contributed by atoms with Crippen LogP contribution in [0.1, 0.15) is 6.92 Å². The molecular formula is C7H15NO2. The summed E-state index contributed by atoms with van der Waals surface area (Å²) < 4.78 is 10.6. The summed E-state index contributed by atoms with van der Waals surface area (Å²) in [6.07, 6.45) is 0.259. The van der Waals surface area contributed by atoms with Gasteiger partial charge in [-0.25, -0.2) is 0 Å². The third kappa shape index (κ3) is 2.25.